The fourth-order valence-corrected chi connectivity index (χ4v) is 4.04. The zero-order valence-electron chi connectivity index (χ0n) is 19.3. The summed E-state index contributed by atoms with van der Waals surface area (Å²) in [6.07, 6.45) is 2.21. The van der Waals surface area contributed by atoms with Crippen molar-refractivity contribution in [2.75, 3.05) is 6.67 Å². The molecule has 0 unspecified atom stereocenters. The van der Waals surface area contributed by atoms with Gasteiger partial charge in [-0.3, -0.25) is 4.90 Å². The zero-order valence-corrected chi connectivity index (χ0v) is 19.3. The molecule has 6 nitrogen and oxygen atoms in total. The summed E-state index contributed by atoms with van der Waals surface area (Å²) in [7, 11) is 0. The van der Waals surface area contributed by atoms with Gasteiger partial charge in [-0.05, 0) is 63.3 Å². The molecule has 1 amide bonds. The Morgan fingerprint density at radius 1 is 1.26 bits per heavy atom. The maximum atomic E-state index is 14.3. The van der Waals surface area contributed by atoms with Gasteiger partial charge in [0.05, 0.1) is 18.4 Å². The third-order valence-corrected chi connectivity index (χ3v) is 5.35. The van der Waals surface area contributed by atoms with Crippen LogP contribution in [-0.4, -0.2) is 45.2 Å². The van der Waals surface area contributed by atoms with Crippen molar-refractivity contribution >= 4 is 6.09 Å². The van der Waals surface area contributed by atoms with Crippen LogP contribution in [0.3, 0.4) is 0 Å². The molecule has 1 aliphatic rings. The summed E-state index contributed by atoms with van der Waals surface area (Å²) >= 11 is 0. The van der Waals surface area contributed by atoms with E-state index in [4.69, 9.17) is 9.47 Å². The molecule has 0 N–H and O–H groups in total. The van der Waals surface area contributed by atoms with Crippen molar-refractivity contribution in [1.29, 1.82) is 0 Å². The fraction of sp³-hybridized carbons (Fsp3) is 0.542. The van der Waals surface area contributed by atoms with Gasteiger partial charge in [-0.1, -0.05) is 32.0 Å². The van der Waals surface area contributed by atoms with Crippen LogP contribution in [0.5, 0.6) is 0 Å². The van der Waals surface area contributed by atoms with Crippen LogP contribution in [0.4, 0.5) is 9.18 Å². The number of alkyl halides is 1. The first-order chi connectivity index (χ1) is 14.4. The number of carbonyl (C=O) groups excluding carboxylic acids is 1. The summed E-state index contributed by atoms with van der Waals surface area (Å²) in [6, 6.07) is 7.12. The Balaban J connectivity index is 2.00. The van der Waals surface area contributed by atoms with Crippen LogP contribution in [0, 0.1) is 0 Å². The normalized spacial score (nSPS) is 20.9. The molecule has 2 aromatic rings. The number of rotatable bonds is 4. The molecule has 2 heterocycles. The largest absolute Gasteiger partial charge is 0.444 e. The molecular formula is C24H32FN3O3. The summed E-state index contributed by atoms with van der Waals surface area (Å²) < 4.78 is 26.0. The fourth-order valence-electron chi connectivity index (χ4n) is 4.04. The second kappa shape index (κ2) is 8.54. The number of hydrogen-bond acceptors (Lipinski definition) is 5. The molecule has 31 heavy (non-hydrogen) atoms. The van der Waals surface area contributed by atoms with E-state index in [9.17, 15) is 9.18 Å². The molecule has 0 saturated carbocycles. The second-order valence-corrected chi connectivity index (χ2v) is 9.69. The first kappa shape index (κ1) is 23.1. The molecule has 1 fully saturated rings. The van der Waals surface area contributed by atoms with Crippen molar-refractivity contribution in [3.63, 3.8) is 0 Å². The number of nitrogens with zero attached hydrogens (tertiary/aromatic N) is 3. The van der Waals surface area contributed by atoms with E-state index in [1.807, 2.05) is 24.3 Å². The first-order valence-electron chi connectivity index (χ1n) is 10.6. The van der Waals surface area contributed by atoms with E-state index in [0.29, 0.717) is 0 Å². The SMILES string of the molecule is CC(C)c1cc([C@H]2OC(C)(C)N(C(=O)OC(C)(C)C)[C@@H]2CF)ccc1-c1ccnnc1. The van der Waals surface area contributed by atoms with Crippen LogP contribution in [0.2, 0.25) is 0 Å². The quantitative estimate of drug-likeness (QED) is 0.628. The number of hydrogen-bond donors (Lipinski definition) is 0. The number of benzene rings is 1. The van der Waals surface area contributed by atoms with Gasteiger partial charge in [0.2, 0.25) is 0 Å². The van der Waals surface area contributed by atoms with Gasteiger partial charge < -0.3 is 9.47 Å². The van der Waals surface area contributed by atoms with Gasteiger partial charge in [-0.25, -0.2) is 9.18 Å². The maximum absolute atomic E-state index is 14.3. The molecule has 7 heteroatoms. The van der Waals surface area contributed by atoms with Gasteiger partial charge in [-0.15, -0.1) is 0 Å². The Hall–Kier alpha value is -2.54. The van der Waals surface area contributed by atoms with Crippen molar-refractivity contribution in [3.05, 3.63) is 47.8 Å². The highest BCUT2D eigenvalue weighted by molar-refractivity contribution is 5.70. The lowest BCUT2D eigenvalue weighted by Crippen LogP contribution is -2.50. The molecule has 1 saturated heterocycles. The van der Waals surface area contributed by atoms with Gasteiger partial charge in [0, 0.05) is 5.56 Å². The summed E-state index contributed by atoms with van der Waals surface area (Å²) in [5.41, 5.74) is 2.26. The van der Waals surface area contributed by atoms with Crippen LogP contribution in [0.1, 0.15) is 71.6 Å². The molecule has 0 aliphatic carbocycles. The highest BCUT2D eigenvalue weighted by atomic mass is 19.1. The van der Waals surface area contributed by atoms with Crippen LogP contribution in [0.15, 0.2) is 36.7 Å². The third kappa shape index (κ3) is 4.87. The Bertz CT molecular complexity index is 925. The monoisotopic (exact) mass is 429 g/mol. The summed E-state index contributed by atoms with van der Waals surface area (Å²) in [5, 5.41) is 7.83. The molecule has 2 atom stereocenters. The van der Waals surface area contributed by atoms with Gasteiger partial charge in [0.15, 0.2) is 0 Å². The lowest BCUT2D eigenvalue weighted by Gasteiger charge is -2.34. The number of carbonyl (C=O) groups is 1. The van der Waals surface area contributed by atoms with Crippen LogP contribution in [-0.2, 0) is 9.47 Å². The van der Waals surface area contributed by atoms with E-state index < -0.39 is 36.2 Å². The van der Waals surface area contributed by atoms with E-state index >= 15 is 0 Å². The number of amides is 1. The summed E-state index contributed by atoms with van der Waals surface area (Å²) in [4.78, 5) is 14.3. The average molecular weight is 430 g/mol. The standard InChI is InChI=1S/C24H32FN3O3/c1-15(2)19-12-16(8-9-18(19)17-10-11-26-27-14-17)21-20(13-25)28(24(6,7)30-21)22(29)31-23(3,4)5/h8-12,14-15,20-21H,13H2,1-7H3/t20-,21-/m1/s1. The molecule has 0 bridgehead atoms. The molecule has 0 spiro atoms. The van der Waals surface area contributed by atoms with Crippen molar-refractivity contribution in [2.45, 2.75) is 77.9 Å². The molecule has 3 rings (SSSR count). The van der Waals surface area contributed by atoms with E-state index in [-0.39, 0.29) is 5.92 Å². The van der Waals surface area contributed by atoms with Gasteiger partial charge in [-0.2, -0.15) is 10.2 Å². The zero-order chi connectivity index (χ0) is 23.0. The van der Waals surface area contributed by atoms with Crippen molar-refractivity contribution in [3.8, 4) is 11.1 Å². The molecule has 1 aromatic heterocycles. The topological polar surface area (TPSA) is 64.5 Å². The minimum atomic E-state index is -1.00. The van der Waals surface area contributed by atoms with Gasteiger partial charge in [0.1, 0.15) is 24.1 Å². The van der Waals surface area contributed by atoms with Gasteiger partial charge in [0.25, 0.3) is 0 Å². The van der Waals surface area contributed by atoms with Gasteiger partial charge >= 0.3 is 6.09 Å². The molecule has 1 aromatic carbocycles. The molecule has 0 radical (unpaired) electrons. The number of ether oxygens (including phenoxy) is 2. The van der Waals surface area contributed by atoms with Crippen LogP contribution >= 0.6 is 0 Å². The third-order valence-electron chi connectivity index (χ3n) is 5.35. The highest BCUT2D eigenvalue weighted by Crippen LogP contribution is 2.43. The Kier molecular flexibility index (Phi) is 6.37. The first-order valence-corrected chi connectivity index (χ1v) is 10.6. The average Bonchev–Trinajstić information content (AvgIpc) is 2.97. The Labute approximate surface area is 183 Å². The summed E-state index contributed by atoms with van der Waals surface area (Å²) in [5.74, 6) is 0.225. The van der Waals surface area contributed by atoms with E-state index in [0.717, 1.165) is 22.3 Å². The minimum absolute atomic E-state index is 0.225. The minimum Gasteiger partial charge on any atom is -0.444 e. The highest BCUT2D eigenvalue weighted by Gasteiger charge is 2.51. The van der Waals surface area contributed by atoms with E-state index in [1.54, 1.807) is 47.0 Å². The smallest absolute Gasteiger partial charge is 0.413 e. The summed E-state index contributed by atoms with van der Waals surface area (Å²) in [6.45, 7) is 12.4. The van der Waals surface area contributed by atoms with E-state index in [2.05, 4.69) is 24.0 Å². The predicted molar refractivity (Wildman–Crippen MR) is 117 cm³/mol. The second-order valence-electron chi connectivity index (χ2n) is 9.69. The number of aromatic nitrogens is 2. The Morgan fingerprint density at radius 2 is 1.97 bits per heavy atom. The predicted octanol–water partition coefficient (Wildman–Crippen LogP) is 5.65. The maximum Gasteiger partial charge on any atom is 0.413 e. The van der Waals surface area contributed by atoms with Crippen molar-refractivity contribution in [1.82, 2.24) is 15.1 Å². The van der Waals surface area contributed by atoms with E-state index in [1.165, 1.54) is 4.90 Å². The lowest BCUT2D eigenvalue weighted by molar-refractivity contribution is -0.0797. The lowest BCUT2D eigenvalue weighted by atomic mass is 9.89. The van der Waals surface area contributed by atoms with Crippen LogP contribution in [0.25, 0.3) is 11.1 Å². The molecule has 1 aliphatic heterocycles. The molecular weight excluding hydrogens is 397 g/mol. The van der Waals surface area contributed by atoms with Crippen molar-refractivity contribution < 1.29 is 18.7 Å². The molecule has 168 valence electrons. The Morgan fingerprint density at radius 3 is 2.52 bits per heavy atom. The van der Waals surface area contributed by atoms with Crippen molar-refractivity contribution in [2.24, 2.45) is 0 Å². The van der Waals surface area contributed by atoms with Crippen LogP contribution < -0.4 is 0 Å². The number of halogens is 1.